The van der Waals surface area contributed by atoms with Gasteiger partial charge in [-0.25, -0.2) is 0 Å². The second kappa shape index (κ2) is 24.9. The third-order valence-electron chi connectivity index (χ3n) is 17.3. The van der Waals surface area contributed by atoms with E-state index in [9.17, 15) is 34.2 Å². The van der Waals surface area contributed by atoms with Crippen molar-refractivity contribution in [2.45, 2.75) is 207 Å². The first kappa shape index (κ1) is 56.5. The highest BCUT2D eigenvalue weighted by Crippen LogP contribution is 2.51. The largest absolute Gasteiger partial charge is 0.391 e. The van der Waals surface area contributed by atoms with E-state index in [1.54, 1.807) is 31.4 Å². The van der Waals surface area contributed by atoms with Crippen molar-refractivity contribution in [1.29, 1.82) is 0 Å². The summed E-state index contributed by atoms with van der Waals surface area (Å²) in [6.07, 6.45) is 0.0373. The molecule has 9 rings (SSSR count). The summed E-state index contributed by atoms with van der Waals surface area (Å²) in [7, 11) is 1.57. The van der Waals surface area contributed by atoms with Crippen LogP contribution in [0.2, 0.25) is 0 Å². The van der Waals surface area contributed by atoms with Crippen molar-refractivity contribution >= 4 is 29.4 Å². The van der Waals surface area contributed by atoms with Gasteiger partial charge in [0, 0.05) is 70.4 Å². The number of carbonyl (C=O) groups excluding carboxylic acids is 5. The Morgan fingerprint density at radius 2 is 1.53 bits per heavy atom. The minimum atomic E-state index is -1.10. The number of amides is 4. The number of ether oxygens (including phenoxy) is 8. The molecule has 0 radical (unpaired) electrons. The molecule has 76 heavy (non-hydrogen) atoms. The second-order valence-electron chi connectivity index (χ2n) is 22.8. The summed E-state index contributed by atoms with van der Waals surface area (Å²) in [5, 5.41) is 33.1. The molecule has 0 saturated carbocycles. The molecule has 1 aromatic carbocycles. The summed E-state index contributed by atoms with van der Waals surface area (Å²) in [4.78, 5) is 65.3. The number of benzene rings is 1. The van der Waals surface area contributed by atoms with Crippen LogP contribution in [0.3, 0.4) is 0 Å². The lowest BCUT2D eigenvalue weighted by molar-refractivity contribution is -0.290. The van der Waals surface area contributed by atoms with Crippen molar-refractivity contribution in [3.8, 4) is 0 Å². The molecule has 0 aromatic heterocycles. The highest BCUT2D eigenvalue weighted by Gasteiger charge is 2.62. The lowest BCUT2D eigenvalue weighted by atomic mass is 9.80. The standard InChI is InChI=1S/C56H81N5O15/c1-29-17-36-11-13-42-30(2)18-38(70-42)15-16-56-24-41(64)53(76-56)50-32(4)51(75-56)54-43(74-50)14-12-37(72-54)20-34(62)21-39-45(23-44(71-36)31(29)3)73-46(52(39)69-5)22-35(63)26-58-48(66)27-60-55(68)40(19-33-9-7-6-8-10-33)61-49(67)28-59-47(65)25-57/h6-10,29,32,35-46,50-54,63-64H,2-3,11-28,57H2,1,4-5H3,(H,58,66)(H,59,65)(H,60,68)(H,61,67)/t29-,32?,35+,36+,37-,38+,39+,40+,41-,42+,43+,44-,45+,46-,50?,51-,52-,53+,54+,56-/m1/s1. The number of rotatable bonds is 14. The molecule has 420 valence electrons. The molecule has 10 bridgehead atoms. The van der Waals surface area contributed by atoms with Crippen molar-refractivity contribution in [2.75, 3.05) is 33.3 Å². The second-order valence-corrected chi connectivity index (χ2v) is 22.8. The Morgan fingerprint density at radius 3 is 2.30 bits per heavy atom. The van der Waals surface area contributed by atoms with E-state index >= 15 is 0 Å². The van der Waals surface area contributed by atoms with Crippen LogP contribution in [0.25, 0.3) is 0 Å². The molecule has 1 spiro atoms. The fraction of sp³-hybridized carbons (Fsp3) is 0.732. The highest BCUT2D eigenvalue weighted by molar-refractivity contribution is 5.92. The fourth-order valence-corrected chi connectivity index (χ4v) is 13.3. The summed E-state index contributed by atoms with van der Waals surface area (Å²) < 4.78 is 53.8. The zero-order valence-corrected chi connectivity index (χ0v) is 44.3. The van der Waals surface area contributed by atoms with Crippen LogP contribution in [0, 0.1) is 17.8 Å². The Labute approximate surface area is 445 Å². The topological polar surface area (TPSA) is 274 Å². The lowest BCUT2D eigenvalue weighted by Crippen LogP contribution is -2.62. The summed E-state index contributed by atoms with van der Waals surface area (Å²) in [6.45, 7) is 11.9. The van der Waals surface area contributed by atoms with Gasteiger partial charge in [0.25, 0.3) is 0 Å². The van der Waals surface area contributed by atoms with Gasteiger partial charge in [0.05, 0.1) is 99.0 Å². The first-order valence-electron chi connectivity index (χ1n) is 27.7. The van der Waals surface area contributed by atoms with Crippen molar-refractivity contribution in [3.63, 3.8) is 0 Å². The first-order valence-corrected chi connectivity index (χ1v) is 27.7. The van der Waals surface area contributed by atoms with Gasteiger partial charge in [0.1, 0.15) is 24.0 Å². The van der Waals surface area contributed by atoms with Crippen LogP contribution < -0.4 is 27.0 Å². The number of aliphatic hydroxyl groups is 2. The van der Waals surface area contributed by atoms with Crippen LogP contribution in [0.5, 0.6) is 0 Å². The average Bonchev–Trinajstić information content (AvgIpc) is 4.06. The molecule has 20 nitrogen and oxygen atoms in total. The number of Topliss-reactive ketones (excluding diaryl/α,β-unsaturated/α-hetero) is 1. The Balaban J connectivity index is 0.866. The maximum Gasteiger partial charge on any atom is 0.243 e. The number of carbonyl (C=O) groups is 5. The third-order valence-corrected chi connectivity index (χ3v) is 17.3. The number of nitrogens with one attached hydrogen (secondary N) is 4. The van der Waals surface area contributed by atoms with E-state index in [1.807, 2.05) is 6.07 Å². The molecule has 0 aliphatic carbocycles. The van der Waals surface area contributed by atoms with Gasteiger partial charge < -0.3 is 75.1 Å². The molecule has 8 aliphatic rings. The van der Waals surface area contributed by atoms with E-state index in [4.69, 9.17) is 43.6 Å². The van der Waals surface area contributed by atoms with Crippen LogP contribution in [0.4, 0.5) is 0 Å². The summed E-state index contributed by atoms with van der Waals surface area (Å²) in [6, 6.07) is 7.95. The van der Waals surface area contributed by atoms with Crippen molar-refractivity contribution in [3.05, 3.63) is 60.2 Å². The zero-order valence-electron chi connectivity index (χ0n) is 44.3. The number of methoxy groups -OCH3 is 1. The molecule has 2 unspecified atom stereocenters. The normalized spacial score (nSPS) is 39.2. The van der Waals surface area contributed by atoms with Crippen LogP contribution in [-0.4, -0.2) is 176 Å². The number of hydrogen-bond donors (Lipinski definition) is 7. The fourth-order valence-electron chi connectivity index (χ4n) is 13.3. The van der Waals surface area contributed by atoms with Gasteiger partial charge in [-0.1, -0.05) is 57.3 Å². The predicted octanol–water partition coefficient (Wildman–Crippen LogP) is 1.74. The number of aliphatic hydroxyl groups excluding tert-OH is 2. The summed E-state index contributed by atoms with van der Waals surface area (Å²) in [5.41, 5.74) is 8.10. The molecule has 8 fully saturated rings. The molecule has 20 heteroatoms. The average molecular weight is 1060 g/mol. The Kier molecular flexibility index (Phi) is 18.5. The Hall–Kier alpha value is -4.19. The van der Waals surface area contributed by atoms with E-state index in [0.29, 0.717) is 38.5 Å². The number of hydrogen-bond acceptors (Lipinski definition) is 16. The maximum absolute atomic E-state index is 14.5. The minimum absolute atomic E-state index is 0.0116. The van der Waals surface area contributed by atoms with E-state index in [-0.39, 0.29) is 112 Å². The van der Waals surface area contributed by atoms with Gasteiger partial charge in [-0.05, 0) is 67.6 Å². The molecule has 8 aliphatic heterocycles. The van der Waals surface area contributed by atoms with Gasteiger partial charge in [-0.15, -0.1) is 0 Å². The smallest absolute Gasteiger partial charge is 0.243 e. The first-order chi connectivity index (χ1) is 36.5. The lowest BCUT2D eigenvalue weighted by Gasteiger charge is -2.50. The number of fused-ring (bicyclic) bond motifs is 9. The molecular formula is C56H81N5O15. The zero-order chi connectivity index (χ0) is 53.8. The Morgan fingerprint density at radius 1 is 0.789 bits per heavy atom. The van der Waals surface area contributed by atoms with E-state index in [1.165, 1.54) is 0 Å². The molecule has 4 amide bonds. The van der Waals surface area contributed by atoms with Crippen molar-refractivity contribution in [1.82, 2.24) is 21.3 Å². The van der Waals surface area contributed by atoms with Gasteiger partial charge in [0.15, 0.2) is 5.79 Å². The molecule has 20 atom stereocenters. The van der Waals surface area contributed by atoms with Gasteiger partial charge in [-0.2, -0.15) is 0 Å². The molecule has 8 saturated heterocycles. The van der Waals surface area contributed by atoms with Crippen LogP contribution in [-0.2, 0) is 68.3 Å². The molecule has 8 heterocycles. The summed E-state index contributed by atoms with van der Waals surface area (Å²) in [5.74, 6) is -3.78. The number of nitrogens with two attached hydrogens (primary N) is 1. The maximum atomic E-state index is 14.5. The van der Waals surface area contributed by atoms with Gasteiger partial charge >= 0.3 is 0 Å². The van der Waals surface area contributed by atoms with Crippen molar-refractivity contribution in [2.24, 2.45) is 23.5 Å². The van der Waals surface area contributed by atoms with E-state index in [0.717, 1.165) is 42.4 Å². The molecule has 8 N–H and O–H groups in total. The number of ketones is 1. The van der Waals surface area contributed by atoms with Crippen LogP contribution in [0.1, 0.15) is 103 Å². The van der Waals surface area contributed by atoms with E-state index in [2.05, 4.69) is 48.3 Å². The van der Waals surface area contributed by atoms with Gasteiger partial charge in [0.2, 0.25) is 23.6 Å². The molecule has 1 aromatic rings. The minimum Gasteiger partial charge on any atom is -0.391 e. The predicted molar refractivity (Wildman–Crippen MR) is 274 cm³/mol. The van der Waals surface area contributed by atoms with Gasteiger partial charge in [-0.3, -0.25) is 24.0 Å². The quantitative estimate of drug-likeness (QED) is 0.131. The van der Waals surface area contributed by atoms with E-state index < -0.39 is 90.6 Å². The van der Waals surface area contributed by atoms with Crippen LogP contribution in [0.15, 0.2) is 54.6 Å². The third kappa shape index (κ3) is 13.3. The highest BCUT2D eigenvalue weighted by atomic mass is 16.7. The Bertz CT molecular complexity index is 2260. The SMILES string of the molecule is C=C1C[C@@H]2CC[C@]34C[C@@H](O)[C@H](O3)C3O[C@H]5CC[C@H](CC(=O)C[C@@H]6[C@@H](OC)[C@@H](C[C@H](O)CNC(=O)CNC(=O)[C@H](Cc7ccccc7)NC(=O)CNC(=O)CN)O[C@H]6C[C@H]6O[C@@H](CC[C@@H]1O2)C[C@@H](C)C6=C)O[C@@H]5[C@H](O4)C3C. The van der Waals surface area contributed by atoms with Crippen molar-refractivity contribution < 1.29 is 72.1 Å². The monoisotopic (exact) mass is 1060 g/mol. The van der Waals surface area contributed by atoms with Crippen LogP contribution >= 0.6 is 0 Å². The molecular weight excluding hydrogens is 983 g/mol. The summed E-state index contributed by atoms with van der Waals surface area (Å²) >= 11 is 0.